The number of halogens is 1. The number of sulfonamides is 1. The SMILES string of the molecule is C[C@@H]1[C@H](C)N(Cc2cc(=O)n3cc(Cl)ccc3n2)CCN1S(=O)(=O)C1CC1. The Bertz CT molecular complexity index is 1030. The fourth-order valence-electron chi connectivity index (χ4n) is 3.73. The van der Waals surface area contributed by atoms with Crippen LogP contribution in [0.1, 0.15) is 32.4 Å². The van der Waals surface area contributed by atoms with Gasteiger partial charge in [-0.2, -0.15) is 4.31 Å². The Hall–Kier alpha value is -1.48. The van der Waals surface area contributed by atoms with E-state index in [4.69, 9.17) is 11.6 Å². The number of fused-ring (bicyclic) bond motifs is 1. The summed E-state index contributed by atoms with van der Waals surface area (Å²) in [6.45, 7) is 5.61. The van der Waals surface area contributed by atoms with Gasteiger partial charge in [-0.05, 0) is 38.8 Å². The maximum absolute atomic E-state index is 12.6. The summed E-state index contributed by atoms with van der Waals surface area (Å²) in [7, 11) is -3.18. The van der Waals surface area contributed by atoms with Crippen LogP contribution in [0.2, 0.25) is 5.02 Å². The number of hydrogen-bond acceptors (Lipinski definition) is 5. The van der Waals surface area contributed by atoms with Gasteiger partial charge in [0, 0.05) is 44.0 Å². The van der Waals surface area contributed by atoms with Crippen LogP contribution >= 0.6 is 11.6 Å². The van der Waals surface area contributed by atoms with Crippen LogP contribution < -0.4 is 5.56 Å². The summed E-state index contributed by atoms with van der Waals surface area (Å²) < 4.78 is 28.3. The van der Waals surface area contributed by atoms with E-state index in [0.29, 0.717) is 36.0 Å². The molecule has 1 saturated heterocycles. The molecule has 1 aliphatic carbocycles. The van der Waals surface area contributed by atoms with Crippen molar-refractivity contribution >= 4 is 27.3 Å². The van der Waals surface area contributed by atoms with Gasteiger partial charge in [0.15, 0.2) is 0 Å². The van der Waals surface area contributed by atoms with E-state index in [1.807, 2.05) is 13.8 Å². The Balaban J connectivity index is 1.54. The minimum Gasteiger partial charge on any atom is -0.292 e. The smallest absolute Gasteiger partial charge is 0.258 e. The molecule has 146 valence electrons. The molecule has 2 aromatic heterocycles. The third kappa shape index (κ3) is 3.51. The second-order valence-electron chi connectivity index (χ2n) is 7.47. The van der Waals surface area contributed by atoms with E-state index in [9.17, 15) is 13.2 Å². The Morgan fingerprint density at radius 1 is 1.19 bits per heavy atom. The zero-order valence-electron chi connectivity index (χ0n) is 15.4. The lowest BCUT2D eigenvalue weighted by atomic mass is 10.1. The van der Waals surface area contributed by atoms with Crippen molar-refractivity contribution in [1.29, 1.82) is 0 Å². The van der Waals surface area contributed by atoms with Crippen molar-refractivity contribution < 1.29 is 8.42 Å². The summed E-state index contributed by atoms with van der Waals surface area (Å²) in [6, 6.07) is 4.88. The van der Waals surface area contributed by atoms with Crippen LogP contribution in [0.3, 0.4) is 0 Å². The van der Waals surface area contributed by atoms with Crippen molar-refractivity contribution in [2.75, 3.05) is 13.1 Å². The van der Waals surface area contributed by atoms with Crippen molar-refractivity contribution in [3.05, 3.63) is 45.5 Å². The monoisotopic (exact) mass is 410 g/mol. The van der Waals surface area contributed by atoms with Gasteiger partial charge in [-0.1, -0.05) is 11.6 Å². The quantitative estimate of drug-likeness (QED) is 0.767. The zero-order chi connectivity index (χ0) is 19.3. The molecule has 2 atom stereocenters. The van der Waals surface area contributed by atoms with Gasteiger partial charge >= 0.3 is 0 Å². The average molecular weight is 411 g/mol. The van der Waals surface area contributed by atoms with Gasteiger partial charge in [0.25, 0.3) is 5.56 Å². The van der Waals surface area contributed by atoms with E-state index in [1.165, 1.54) is 10.5 Å². The van der Waals surface area contributed by atoms with Crippen molar-refractivity contribution in [3.8, 4) is 0 Å². The fourth-order valence-corrected chi connectivity index (χ4v) is 5.99. The number of rotatable bonds is 4. The molecule has 0 N–H and O–H groups in total. The van der Waals surface area contributed by atoms with Crippen molar-refractivity contribution in [3.63, 3.8) is 0 Å². The second-order valence-corrected chi connectivity index (χ2v) is 10.1. The third-order valence-electron chi connectivity index (χ3n) is 5.65. The van der Waals surface area contributed by atoms with E-state index < -0.39 is 10.0 Å². The average Bonchev–Trinajstić information content (AvgIpc) is 3.45. The van der Waals surface area contributed by atoms with Crippen LogP contribution in [0.25, 0.3) is 5.65 Å². The minimum atomic E-state index is -3.18. The molecule has 1 saturated carbocycles. The lowest BCUT2D eigenvalue weighted by Crippen LogP contribution is -2.59. The highest BCUT2D eigenvalue weighted by molar-refractivity contribution is 7.90. The molecule has 9 heteroatoms. The molecule has 27 heavy (non-hydrogen) atoms. The summed E-state index contributed by atoms with van der Waals surface area (Å²) in [4.78, 5) is 19.1. The molecule has 0 unspecified atom stereocenters. The van der Waals surface area contributed by atoms with Gasteiger partial charge in [0.05, 0.1) is 16.0 Å². The topological polar surface area (TPSA) is 75.0 Å². The van der Waals surface area contributed by atoms with Crippen molar-refractivity contribution in [1.82, 2.24) is 18.6 Å². The van der Waals surface area contributed by atoms with Crippen LogP contribution in [0.5, 0.6) is 0 Å². The highest BCUT2D eigenvalue weighted by Gasteiger charge is 2.45. The molecule has 2 fully saturated rings. The van der Waals surface area contributed by atoms with Gasteiger partial charge in [-0.25, -0.2) is 13.4 Å². The maximum Gasteiger partial charge on any atom is 0.258 e. The summed E-state index contributed by atoms with van der Waals surface area (Å²) >= 11 is 5.95. The Labute approximate surface area is 163 Å². The number of nitrogens with zero attached hydrogens (tertiary/aromatic N) is 4. The van der Waals surface area contributed by atoms with Crippen LogP contribution in [0.4, 0.5) is 0 Å². The summed E-state index contributed by atoms with van der Waals surface area (Å²) in [5.74, 6) is 0. The number of aromatic nitrogens is 2. The molecule has 0 bridgehead atoms. The molecule has 1 aliphatic heterocycles. The summed E-state index contributed by atoms with van der Waals surface area (Å²) in [6.07, 6.45) is 3.11. The fraction of sp³-hybridized carbons (Fsp3) is 0.556. The first kappa shape index (κ1) is 18.9. The first-order chi connectivity index (χ1) is 12.8. The van der Waals surface area contributed by atoms with Crippen LogP contribution in [0, 0.1) is 0 Å². The summed E-state index contributed by atoms with van der Waals surface area (Å²) in [5.41, 5.74) is 1.06. The zero-order valence-corrected chi connectivity index (χ0v) is 16.9. The van der Waals surface area contributed by atoms with E-state index in [-0.39, 0.29) is 22.9 Å². The Kier molecular flexibility index (Phi) is 4.78. The first-order valence-corrected chi connectivity index (χ1v) is 11.1. The molecule has 3 heterocycles. The Morgan fingerprint density at radius 2 is 1.93 bits per heavy atom. The van der Waals surface area contributed by atoms with Gasteiger partial charge < -0.3 is 0 Å². The van der Waals surface area contributed by atoms with Gasteiger partial charge in [0.2, 0.25) is 10.0 Å². The van der Waals surface area contributed by atoms with E-state index >= 15 is 0 Å². The normalized spacial score (nSPS) is 25.1. The molecule has 0 amide bonds. The summed E-state index contributed by atoms with van der Waals surface area (Å²) in [5, 5.41) is 0.294. The first-order valence-electron chi connectivity index (χ1n) is 9.20. The number of piperazine rings is 1. The molecule has 0 radical (unpaired) electrons. The van der Waals surface area contributed by atoms with E-state index in [1.54, 1.807) is 22.6 Å². The maximum atomic E-state index is 12.6. The van der Waals surface area contributed by atoms with Crippen LogP contribution in [-0.2, 0) is 16.6 Å². The molecular weight excluding hydrogens is 388 g/mol. The number of hydrogen-bond donors (Lipinski definition) is 0. The van der Waals surface area contributed by atoms with E-state index in [2.05, 4.69) is 9.88 Å². The predicted molar refractivity (Wildman–Crippen MR) is 104 cm³/mol. The Morgan fingerprint density at radius 3 is 2.63 bits per heavy atom. The predicted octanol–water partition coefficient (Wildman–Crippen LogP) is 1.73. The van der Waals surface area contributed by atoms with Gasteiger partial charge in [0.1, 0.15) is 5.65 Å². The van der Waals surface area contributed by atoms with Crippen LogP contribution in [-0.4, -0.2) is 57.4 Å². The molecule has 0 spiro atoms. The van der Waals surface area contributed by atoms with Gasteiger partial charge in [-0.3, -0.25) is 14.1 Å². The standard InChI is InChI=1S/C18H23ClN4O3S/c1-12-13(2)23(27(25,26)16-4-5-16)8-7-21(12)11-15-9-18(24)22-10-14(19)3-6-17(22)20-15/h3,6,9-10,12-13,16H,4-5,7-8,11H2,1-2H3/t12-,13+/m0/s1. The third-order valence-corrected chi connectivity index (χ3v) is 8.36. The molecular formula is C18H23ClN4O3S. The molecule has 2 aromatic rings. The molecule has 4 rings (SSSR count). The van der Waals surface area contributed by atoms with E-state index in [0.717, 1.165) is 12.8 Å². The van der Waals surface area contributed by atoms with Crippen molar-refractivity contribution in [2.45, 2.75) is 50.6 Å². The molecule has 0 aromatic carbocycles. The molecule has 2 aliphatic rings. The van der Waals surface area contributed by atoms with Gasteiger partial charge in [-0.15, -0.1) is 0 Å². The minimum absolute atomic E-state index is 0.0396. The highest BCUT2D eigenvalue weighted by Crippen LogP contribution is 2.34. The second kappa shape index (κ2) is 6.84. The van der Waals surface area contributed by atoms with Crippen molar-refractivity contribution in [2.24, 2.45) is 0 Å². The molecule has 7 nitrogen and oxygen atoms in total. The lowest BCUT2D eigenvalue weighted by Gasteiger charge is -2.44. The number of pyridine rings is 1. The highest BCUT2D eigenvalue weighted by atomic mass is 35.5. The largest absolute Gasteiger partial charge is 0.292 e. The van der Waals surface area contributed by atoms with Crippen LogP contribution in [0.15, 0.2) is 29.2 Å². The lowest BCUT2D eigenvalue weighted by molar-refractivity contribution is 0.0775.